The molecule has 1 saturated carbocycles. The Bertz CT molecular complexity index is 433. The first kappa shape index (κ1) is 12.0. The molecular weight excluding hydrogens is 216 g/mol. The van der Waals surface area contributed by atoms with Gasteiger partial charge in [0.2, 0.25) is 0 Å². The zero-order chi connectivity index (χ0) is 12.4. The Balaban J connectivity index is 2.15. The average Bonchev–Trinajstić information content (AvgIpc) is 3.11. The van der Waals surface area contributed by atoms with E-state index in [-0.39, 0.29) is 12.6 Å². The largest absolute Gasteiger partial charge is 0.482 e. The Labute approximate surface area is 102 Å². The summed E-state index contributed by atoms with van der Waals surface area (Å²) in [4.78, 5) is 11.0. The van der Waals surface area contributed by atoms with E-state index in [0.717, 1.165) is 11.3 Å². The highest BCUT2D eigenvalue weighted by Gasteiger charge is 2.26. The van der Waals surface area contributed by atoms with Crippen LogP contribution >= 0.6 is 0 Å². The number of ether oxygens (including phenoxy) is 2. The van der Waals surface area contributed by atoms with Gasteiger partial charge in [-0.2, -0.15) is 0 Å². The van der Waals surface area contributed by atoms with Crippen molar-refractivity contribution in [1.29, 1.82) is 0 Å². The van der Waals surface area contributed by atoms with Gasteiger partial charge in [0, 0.05) is 0 Å². The second-order valence-corrected chi connectivity index (χ2v) is 4.61. The topological polar surface area (TPSA) is 35.5 Å². The molecule has 0 heterocycles. The van der Waals surface area contributed by atoms with Crippen LogP contribution in [0.25, 0.3) is 0 Å². The lowest BCUT2D eigenvalue weighted by Crippen LogP contribution is -2.13. The van der Waals surface area contributed by atoms with E-state index in [2.05, 4.69) is 23.8 Å². The third kappa shape index (κ3) is 2.78. The van der Waals surface area contributed by atoms with Crippen molar-refractivity contribution in [1.82, 2.24) is 0 Å². The van der Waals surface area contributed by atoms with Crippen LogP contribution in [0, 0.1) is 13.8 Å². The van der Waals surface area contributed by atoms with Crippen molar-refractivity contribution in [2.75, 3.05) is 13.7 Å². The van der Waals surface area contributed by atoms with Crippen molar-refractivity contribution in [3.05, 3.63) is 28.8 Å². The van der Waals surface area contributed by atoms with Crippen LogP contribution < -0.4 is 4.74 Å². The highest BCUT2D eigenvalue weighted by molar-refractivity contribution is 5.71. The number of carbonyl (C=O) groups excluding carboxylic acids is 1. The Morgan fingerprint density at radius 3 is 2.59 bits per heavy atom. The Morgan fingerprint density at radius 1 is 1.29 bits per heavy atom. The zero-order valence-electron chi connectivity index (χ0n) is 10.6. The predicted molar refractivity (Wildman–Crippen MR) is 65.4 cm³/mol. The summed E-state index contributed by atoms with van der Waals surface area (Å²) >= 11 is 0. The lowest BCUT2D eigenvalue weighted by Gasteiger charge is -2.12. The summed E-state index contributed by atoms with van der Waals surface area (Å²) in [7, 11) is 1.36. The molecule has 0 spiro atoms. The Hall–Kier alpha value is -1.51. The number of carbonyl (C=O) groups is 1. The molecule has 1 aromatic carbocycles. The molecule has 3 heteroatoms. The molecule has 0 N–H and O–H groups in total. The number of aryl methyl sites for hydroxylation is 2. The Kier molecular flexibility index (Phi) is 3.36. The number of methoxy groups -OCH3 is 1. The monoisotopic (exact) mass is 234 g/mol. The second-order valence-electron chi connectivity index (χ2n) is 4.61. The van der Waals surface area contributed by atoms with Crippen LogP contribution in [-0.2, 0) is 9.53 Å². The molecule has 1 fully saturated rings. The van der Waals surface area contributed by atoms with Crippen molar-refractivity contribution < 1.29 is 14.3 Å². The maximum atomic E-state index is 11.0. The van der Waals surface area contributed by atoms with E-state index in [1.807, 2.05) is 6.92 Å². The molecule has 0 atom stereocenters. The van der Waals surface area contributed by atoms with Crippen molar-refractivity contribution >= 4 is 5.97 Å². The van der Waals surface area contributed by atoms with Gasteiger partial charge in [-0.05, 0) is 55.4 Å². The first-order valence-corrected chi connectivity index (χ1v) is 5.92. The van der Waals surface area contributed by atoms with Crippen LogP contribution in [0.3, 0.4) is 0 Å². The fraction of sp³-hybridized carbons (Fsp3) is 0.500. The van der Waals surface area contributed by atoms with Crippen LogP contribution in [0.1, 0.15) is 35.4 Å². The molecule has 17 heavy (non-hydrogen) atoms. The van der Waals surface area contributed by atoms with Gasteiger partial charge in [-0.3, -0.25) is 0 Å². The molecule has 3 nitrogen and oxygen atoms in total. The van der Waals surface area contributed by atoms with Gasteiger partial charge >= 0.3 is 5.97 Å². The zero-order valence-corrected chi connectivity index (χ0v) is 10.6. The van der Waals surface area contributed by atoms with Gasteiger partial charge in [0.25, 0.3) is 0 Å². The molecule has 0 radical (unpaired) electrons. The highest BCUT2D eigenvalue weighted by Crippen LogP contribution is 2.43. The fourth-order valence-corrected chi connectivity index (χ4v) is 2.03. The van der Waals surface area contributed by atoms with Crippen LogP contribution in [0.4, 0.5) is 0 Å². The lowest BCUT2D eigenvalue weighted by molar-refractivity contribution is -0.142. The minimum absolute atomic E-state index is 0.0233. The smallest absolute Gasteiger partial charge is 0.343 e. The van der Waals surface area contributed by atoms with Gasteiger partial charge in [0.05, 0.1) is 7.11 Å². The molecule has 1 aromatic rings. The quantitative estimate of drug-likeness (QED) is 0.751. The number of hydrogen-bond acceptors (Lipinski definition) is 3. The average molecular weight is 234 g/mol. The summed E-state index contributed by atoms with van der Waals surface area (Å²) in [5.74, 6) is 1.14. The maximum Gasteiger partial charge on any atom is 0.343 e. The molecule has 92 valence electrons. The molecule has 0 aromatic heterocycles. The van der Waals surface area contributed by atoms with E-state index in [9.17, 15) is 4.79 Å². The van der Waals surface area contributed by atoms with Crippen molar-refractivity contribution in [2.45, 2.75) is 32.6 Å². The normalized spacial score (nSPS) is 14.5. The van der Waals surface area contributed by atoms with E-state index in [1.165, 1.54) is 31.1 Å². The van der Waals surface area contributed by atoms with E-state index in [1.54, 1.807) is 0 Å². The van der Waals surface area contributed by atoms with Gasteiger partial charge in [0.15, 0.2) is 6.61 Å². The second kappa shape index (κ2) is 4.78. The molecule has 0 aliphatic heterocycles. The third-order valence-corrected chi connectivity index (χ3v) is 3.15. The summed E-state index contributed by atoms with van der Waals surface area (Å²) in [5, 5.41) is 0. The van der Waals surface area contributed by atoms with Crippen LogP contribution in [0.5, 0.6) is 5.75 Å². The minimum Gasteiger partial charge on any atom is -0.482 e. The molecule has 1 aliphatic rings. The summed E-state index contributed by atoms with van der Waals surface area (Å²) in [5.41, 5.74) is 3.74. The highest BCUT2D eigenvalue weighted by atomic mass is 16.6. The molecule has 0 bridgehead atoms. The number of rotatable bonds is 4. The molecule has 0 amide bonds. The van der Waals surface area contributed by atoms with E-state index >= 15 is 0 Å². The van der Waals surface area contributed by atoms with E-state index in [0.29, 0.717) is 5.92 Å². The summed E-state index contributed by atoms with van der Waals surface area (Å²) in [6.07, 6.45) is 2.53. The molecule has 0 unspecified atom stereocenters. The van der Waals surface area contributed by atoms with Crippen LogP contribution in [0.15, 0.2) is 12.1 Å². The van der Waals surface area contributed by atoms with E-state index in [4.69, 9.17) is 4.74 Å². The standard InChI is InChI=1S/C14H18O3/c1-9-6-10(2)13(17-8-14(15)16-3)7-12(9)11-4-5-11/h6-7,11H,4-5,8H2,1-3H3. The van der Waals surface area contributed by atoms with Crippen molar-refractivity contribution in [3.63, 3.8) is 0 Å². The number of benzene rings is 1. The molecule has 2 rings (SSSR count). The third-order valence-electron chi connectivity index (χ3n) is 3.15. The van der Waals surface area contributed by atoms with Crippen LogP contribution in [-0.4, -0.2) is 19.7 Å². The first-order valence-electron chi connectivity index (χ1n) is 5.92. The van der Waals surface area contributed by atoms with Gasteiger partial charge in [0.1, 0.15) is 5.75 Å². The van der Waals surface area contributed by atoms with Gasteiger partial charge in [-0.25, -0.2) is 4.79 Å². The summed E-state index contributed by atoms with van der Waals surface area (Å²) < 4.78 is 10.1. The fourth-order valence-electron chi connectivity index (χ4n) is 2.03. The van der Waals surface area contributed by atoms with Crippen LogP contribution in [0.2, 0.25) is 0 Å². The van der Waals surface area contributed by atoms with Gasteiger partial charge < -0.3 is 9.47 Å². The predicted octanol–water partition coefficient (Wildman–Crippen LogP) is 2.73. The van der Waals surface area contributed by atoms with Gasteiger partial charge in [-0.15, -0.1) is 0 Å². The van der Waals surface area contributed by atoms with Crippen molar-refractivity contribution in [3.8, 4) is 5.75 Å². The lowest BCUT2D eigenvalue weighted by atomic mass is 10.0. The number of hydrogen-bond donors (Lipinski definition) is 0. The summed E-state index contributed by atoms with van der Waals surface area (Å²) in [6, 6.07) is 4.20. The molecule has 1 aliphatic carbocycles. The van der Waals surface area contributed by atoms with Gasteiger partial charge in [-0.1, -0.05) is 6.07 Å². The summed E-state index contributed by atoms with van der Waals surface area (Å²) in [6.45, 7) is 4.10. The maximum absolute atomic E-state index is 11.0. The van der Waals surface area contributed by atoms with E-state index < -0.39 is 0 Å². The minimum atomic E-state index is -0.349. The molecular formula is C14H18O3. The first-order chi connectivity index (χ1) is 8.11. The number of esters is 1. The molecule has 0 saturated heterocycles. The Morgan fingerprint density at radius 2 is 2.00 bits per heavy atom. The SMILES string of the molecule is COC(=O)COc1cc(C2CC2)c(C)cc1C. The van der Waals surface area contributed by atoms with Crippen molar-refractivity contribution in [2.24, 2.45) is 0 Å².